The van der Waals surface area contributed by atoms with Crippen molar-refractivity contribution in [1.29, 1.82) is 0 Å². The van der Waals surface area contributed by atoms with Crippen molar-refractivity contribution in [3.8, 4) is 28.7 Å². The van der Waals surface area contributed by atoms with Gasteiger partial charge in [0.2, 0.25) is 5.13 Å². The van der Waals surface area contributed by atoms with Gasteiger partial charge in [0.15, 0.2) is 5.01 Å². The molecule has 0 radical (unpaired) electrons. The maximum Gasteiger partial charge on any atom is 0.433 e. The summed E-state index contributed by atoms with van der Waals surface area (Å²) in [5, 5.41) is 11.0. The van der Waals surface area contributed by atoms with Crippen LogP contribution < -0.4 is 15.6 Å². The van der Waals surface area contributed by atoms with E-state index in [0.717, 1.165) is 40.7 Å². The molecule has 3 aromatic rings. The molecule has 0 bridgehead atoms. The van der Waals surface area contributed by atoms with Crippen LogP contribution in [0.4, 0.5) is 18.3 Å². The lowest BCUT2D eigenvalue weighted by atomic mass is 10.0. The summed E-state index contributed by atoms with van der Waals surface area (Å²) < 4.78 is 46.3. The van der Waals surface area contributed by atoms with E-state index in [4.69, 9.17) is 4.74 Å². The zero-order chi connectivity index (χ0) is 25.0. The Kier molecular flexibility index (Phi) is 5.40. The van der Waals surface area contributed by atoms with E-state index >= 15 is 0 Å². The number of aromatic nitrogens is 4. The third-order valence-electron chi connectivity index (χ3n) is 6.22. The number of pyridine rings is 2. The Morgan fingerprint density at radius 2 is 2.06 bits per heavy atom. The average Bonchev–Trinajstić information content (AvgIpc) is 3.70. The molecule has 8 nitrogen and oxygen atoms in total. The van der Waals surface area contributed by atoms with Crippen LogP contribution in [0.25, 0.3) is 11.1 Å². The first-order valence-corrected chi connectivity index (χ1v) is 11.4. The summed E-state index contributed by atoms with van der Waals surface area (Å²) in [5.74, 6) is 5.84. The number of hydrogen-bond acceptors (Lipinski definition) is 7. The molecule has 3 heterocycles. The molecule has 2 aliphatic rings. The number of carbonyl (C=O) groups is 1. The normalized spacial score (nSPS) is 17.5. The molecule has 2 fully saturated rings. The van der Waals surface area contributed by atoms with Gasteiger partial charge < -0.3 is 9.30 Å². The smallest absolute Gasteiger partial charge is 0.433 e. The van der Waals surface area contributed by atoms with E-state index < -0.39 is 23.3 Å². The van der Waals surface area contributed by atoms with E-state index in [1.54, 1.807) is 0 Å². The van der Waals surface area contributed by atoms with E-state index in [2.05, 4.69) is 32.3 Å². The quantitative estimate of drug-likeness (QED) is 0.547. The number of nitrogens with zero attached hydrogens (tertiary/aromatic N) is 4. The first kappa shape index (κ1) is 23.0. The van der Waals surface area contributed by atoms with E-state index in [-0.39, 0.29) is 27.6 Å². The molecule has 0 saturated heterocycles. The molecule has 5 rings (SSSR count). The van der Waals surface area contributed by atoms with E-state index in [9.17, 15) is 22.8 Å². The van der Waals surface area contributed by atoms with Gasteiger partial charge in [-0.05, 0) is 36.7 Å². The first-order valence-electron chi connectivity index (χ1n) is 10.6. The van der Waals surface area contributed by atoms with Crippen LogP contribution in [0.2, 0.25) is 0 Å². The molecule has 1 atom stereocenters. The van der Waals surface area contributed by atoms with Crippen LogP contribution in [0.3, 0.4) is 0 Å². The second-order valence-corrected chi connectivity index (χ2v) is 9.55. The van der Waals surface area contributed by atoms with Crippen molar-refractivity contribution in [2.24, 2.45) is 18.4 Å². The Labute approximate surface area is 201 Å². The Morgan fingerprint density at radius 1 is 1.29 bits per heavy atom. The summed E-state index contributed by atoms with van der Waals surface area (Å²) in [6.45, 7) is 0. The molecule has 1 amide bonds. The van der Waals surface area contributed by atoms with Gasteiger partial charge in [0.05, 0.1) is 18.9 Å². The van der Waals surface area contributed by atoms with Crippen molar-refractivity contribution >= 4 is 22.4 Å². The molecular weight excluding hydrogens is 483 g/mol. The lowest BCUT2D eigenvalue weighted by Crippen LogP contribution is -2.22. The number of carbonyl (C=O) groups excluding carboxylic acids is 1. The Bertz CT molecular complexity index is 1460. The van der Waals surface area contributed by atoms with Gasteiger partial charge in [-0.2, -0.15) is 13.2 Å². The molecule has 35 heavy (non-hydrogen) atoms. The largest absolute Gasteiger partial charge is 0.494 e. The van der Waals surface area contributed by atoms with Crippen LogP contribution in [-0.4, -0.2) is 32.8 Å². The monoisotopic (exact) mass is 501 g/mol. The van der Waals surface area contributed by atoms with E-state index in [0.29, 0.717) is 16.3 Å². The van der Waals surface area contributed by atoms with Gasteiger partial charge in [-0.25, -0.2) is 4.98 Å². The summed E-state index contributed by atoms with van der Waals surface area (Å²) in [7, 11) is 2.69. The molecule has 3 aromatic heterocycles. The molecule has 1 unspecified atom stereocenters. The van der Waals surface area contributed by atoms with Gasteiger partial charge in [-0.15, -0.1) is 10.2 Å². The highest BCUT2D eigenvalue weighted by Gasteiger charge is 2.62. The summed E-state index contributed by atoms with van der Waals surface area (Å²) >= 11 is 1.07. The number of methoxy groups -OCH3 is 1. The van der Waals surface area contributed by atoms with Crippen LogP contribution in [0.15, 0.2) is 29.3 Å². The summed E-state index contributed by atoms with van der Waals surface area (Å²) in [6.07, 6.45) is 1.03. The molecule has 12 heteroatoms. The summed E-state index contributed by atoms with van der Waals surface area (Å²) in [5.41, 5.74) is -1.39. The lowest BCUT2D eigenvalue weighted by Gasteiger charge is -2.15. The van der Waals surface area contributed by atoms with Gasteiger partial charge in [0.1, 0.15) is 11.4 Å². The van der Waals surface area contributed by atoms with Crippen molar-refractivity contribution in [2.75, 3.05) is 12.4 Å². The van der Waals surface area contributed by atoms with E-state index in [1.165, 1.54) is 33.2 Å². The maximum atomic E-state index is 13.3. The van der Waals surface area contributed by atoms with Gasteiger partial charge >= 0.3 is 6.18 Å². The molecule has 2 aliphatic carbocycles. The average molecular weight is 501 g/mol. The van der Waals surface area contributed by atoms with Gasteiger partial charge in [-0.3, -0.25) is 14.9 Å². The minimum absolute atomic E-state index is 0.00712. The fourth-order valence-corrected chi connectivity index (χ4v) is 4.51. The lowest BCUT2D eigenvalue weighted by molar-refractivity contribution is -0.141. The highest BCUT2D eigenvalue weighted by Crippen LogP contribution is 2.70. The Morgan fingerprint density at radius 3 is 2.71 bits per heavy atom. The number of halogens is 3. The number of hydrogen-bond donors (Lipinski definition) is 1. The van der Waals surface area contributed by atoms with Crippen LogP contribution in [0.1, 0.15) is 40.3 Å². The number of aryl methyl sites for hydroxylation is 1. The molecular formula is C23H18F3N5O3S. The fraction of sp³-hybridized carbons (Fsp3) is 0.348. The van der Waals surface area contributed by atoms with E-state index in [1.807, 2.05) is 0 Å². The van der Waals surface area contributed by atoms with Crippen molar-refractivity contribution in [2.45, 2.75) is 25.4 Å². The molecule has 2 saturated carbocycles. The summed E-state index contributed by atoms with van der Waals surface area (Å²) in [6, 6.07) is 1.82. The maximum absolute atomic E-state index is 13.3. The molecule has 1 N–H and O–H groups in total. The van der Waals surface area contributed by atoms with Crippen molar-refractivity contribution in [3.05, 3.63) is 51.1 Å². The third-order valence-corrected chi connectivity index (χ3v) is 6.98. The number of amides is 1. The number of ether oxygens (including phenoxy) is 1. The van der Waals surface area contributed by atoms with Crippen LogP contribution in [-0.2, 0) is 13.2 Å². The number of rotatable bonds is 4. The SMILES string of the molecule is COc1cnc(C(F)(F)F)cc1-c1cn(C)c(=O)cc1C(=O)Nc1nnc(C#CC2CC23CC3)s1. The van der Waals surface area contributed by atoms with Gasteiger partial charge in [0.25, 0.3) is 11.5 Å². The number of anilines is 1. The fourth-order valence-electron chi connectivity index (χ4n) is 3.91. The zero-order valence-electron chi connectivity index (χ0n) is 18.6. The number of nitrogens with one attached hydrogen (secondary N) is 1. The predicted octanol–water partition coefficient (Wildman–Crippen LogP) is 3.73. The highest BCUT2D eigenvalue weighted by atomic mass is 32.1. The number of alkyl halides is 3. The Hall–Kier alpha value is -3.72. The standard InChI is InChI=1S/C23H18F3N5O3S/c1-31-11-15(13-7-17(23(24,25)26)27-10-16(13)34-2)14(8-19(31)32)20(33)28-21-30-29-18(35-21)4-3-12-9-22(12)5-6-22/h7-8,10-12H,5-6,9H2,1-2H3,(H,28,30,33). The zero-order valence-corrected chi connectivity index (χ0v) is 19.4. The van der Waals surface area contributed by atoms with Crippen LogP contribution >= 0.6 is 11.3 Å². The van der Waals surface area contributed by atoms with Crippen molar-refractivity contribution in [3.63, 3.8) is 0 Å². The van der Waals surface area contributed by atoms with Crippen LogP contribution in [0, 0.1) is 23.2 Å². The molecule has 1 spiro atoms. The first-order chi connectivity index (χ1) is 16.6. The Balaban J connectivity index is 1.47. The second kappa shape index (κ2) is 8.20. The molecule has 0 aromatic carbocycles. The molecule has 0 aliphatic heterocycles. The third kappa shape index (κ3) is 4.51. The summed E-state index contributed by atoms with van der Waals surface area (Å²) in [4.78, 5) is 28.8. The van der Waals surface area contributed by atoms with Crippen molar-refractivity contribution in [1.82, 2.24) is 19.7 Å². The predicted molar refractivity (Wildman–Crippen MR) is 121 cm³/mol. The van der Waals surface area contributed by atoms with Crippen LogP contribution in [0.5, 0.6) is 5.75 Å². The minimum atomic E-state index is -4.71. The minimum Gasteiger partial charge on any atom is -0.494 e. The second-order valence-electron chi connectivity index (χ2n) is 8.57. The topological polar surface area (TPSA) is 99.0 Å². The van der Waals surface area contributed by atoms with Crippen molar-refractivity contribution < 1.29 is 22.7 Å². The van der Waals surface area contributed by atoms with Gasteiger partial charge in [-0.1, -0.05) is 17.3 Å². The van der Waals surface area contributed by atoms with Gasteiger partial charge in [0, 0.05) is 36.4 Å². The highest BCUT2D eigenvalue weighted by molar-refractivity contribution is 7.15. The molecule has 180 valence electrons.